The molecule has 0 aliphatic carbocycles. The van der Waals surface area contributed by atoms with Crippen LogP contribution >= 0.6 is 15.9 Å². The van der Waals surface area contributed by atoms with Crippen molar-refractivity contribution < 1.29 is 8.42 Å². The zero-order valence-electron chi connectivity index (χ0n) is 12.2. The molecule has 4 nitrogen and oxygen atoms in total. The van der Waals surface area contributed by atoms with E-state index in [1.807, 2.05) is 34.6 Å². The van der Waals surface area contributed by atoms with E-state index in [-0.39, 0.29) is 0 Å². The highest BCUT2D eigenvalue weighted by molar-refractivity contribution is 9.10. The van der Waals surface area contributed by atoms with Crippen LogP contribution in [0.5, 0.6) is 0 Å². The first-order valence-electron chi connectivity index (χ1n) is 6.20. The van der Waals surface area contributed by atoms with Crippen molar-refractivity contribution in [1.82, 2.24) is 9.19 Å². The minimum atomic E-state index is -3.67. The molecule has 1 aromatic heterocycles. The Morgan fingerprint density at radius 2 is 1.40 bits per heavy atom. The Morgan fingerprint density at radius 3 is 1.80 bits per heavy atom. The molecule has 0 amide bonds. The molecule has 2 aromatic rings. The van der Waals surface area contributed by atoms with E-state index in [9.17, 15) is 8.42 Å². The molecular weight excluding hydrogens is 340 g/mol. The molecule has 6 heteroatoms. The minimum Gasteiger partial charge on any atom is -0.199 e. The first kappa shape index (κ1) is 15.3. The van der Waals surface area contributed by atoms with Gasteiger partial charge in [-0.25, -0.2) is 0 Å². The summed E-state index contributed by atoms with van der Waals surface area (Å²) in [5, 5.41) is 3.91. The van der Waals surface area contributed by atoms with Gasteiger partial charge in [-0.3, -0.25) is 0 Å². The molecule has 108 valence electrons. The molecule has 0 saturated carbocycles. The molecule has 0 aliphatic rings. The third-order valence-electron chi connectivity index (χ3n) is 3.96. The third kappa shape index (κ3) is 2.20. The van der Waals surface area contributed by atoms with Gasteiger partial charge in [0.05, 0.1) is 21.8 Å². The van der Waals surface area contributed by atoms with Crippen LogP contribution in [0.1, 0.15) is 27.8 Å². The van der Waals surface area contributed by atoms with Gasteiger partial charge in [-0.05, 0) is 78.4 Å². The molecule has 20 heavy (non-hydrogen) atoms. The Labute approximate surface area is 128 Å². The molecule has 0 spiro atoms. The molecular formula is C14H17BrN2O2S. The first-order chi connectivity index (χ1) is 9.17. The van der Waals surface area contributed by atoms with E-state index in [0.29, 0.717) is 9.37 Å². The second kappa shape index (κ2) is 5.00. The van der Waals surface area contributed by atoms with Gasteiger partial charge in [0, 0.05) is 0 Å². The highest BCUT2D eigenvalue weighted by atomic mass is 79.9. The van der Waals surface area contributed by atoms with Crippen molar-refractivity contribution in [3.05, 3.63) is 44.7 Å². The Morgan fingerprint density at radius 1 is 0.950 bits per heavy atom. The van der Waals surface area contributed by atoms with Crippen LogP contribution in [-0.4, -0.2) is 17.6 Å². The smallest absolute Gasteiger partial charge is 0.199 e. The molecule has 0 atom stereocenters. The normalized spacial score (nSPS) is 11.9. The zero-order valence-corrected chi connectivity index (χ0v) is 14.6. The van der Waals surface area contributed by atoms with Gasteiger partial charge in [-0.1, -0.05) is 0 Å². The number of hydrogen-bond acceptors (Lipinski definition) is 3. The molecule has 1 heterocycles. The van der Waals surface area contributed by atoms with Crippen LogP contribution in [0.3, 0.4) is 0 Å². The van der Waals surface area contributed by atoms with Crippen LogP contribution in [0.15, 0.2) is 21.8 Å². The summed E-state index contributed by atoms with van der Waals surface area (Å²) in [4.78, 5) is 0.355. The van der Waals surface area contributed by atoms with Gasteiger partial charge in [0.15, 0.2) is 0 Å². The van der Waals surface area contributed by atoms with E-state index in [1.54, 1.807) is 0 Å². The Balaban J connectivity index is 2.83. The predicted octanol–water partition coefficient (Wildman–Crippen LogP) is 3.42. The zero-order chi connectivity index (χ0) is 15.2. The number of aromatic nitrogens is 2. The largest absolute Gasteiger partial charge is 0.283 e. The van der Waals surface area contributed by atoms with E-state index in [1.165, 1.54) is 12.4 Å². The van der Waals surface area contributed by atoms with Crippen molar-refractivity contribution in [1.29, 1.82) is 0 Å². The van der Waals surface area contributed by atoms with Crippen molar-refractivity contribution >= 4 is 26.0 Å². The second-order valence-corrected chi connectivity index (χ2v) is 7.64. The first-order valence-corrected chi connectivity index (χ1v) is 8.44. The van der Waals surface area contributed by atoms with Gasteiger partial charge in [-0.15, -0.1) is 0 Å². The highest BCUT2D eigenvalue weighted by Crippen LogP contribution is 2.30. The summed E-state index contributed by atoms with van der Waals surface area (Å²) in [6.45, 7) is 9.62. The summed E-state index contributed by atoms with van der Waals surface area (Å²) in [5.41, 5.74) is 4.74. The van der Waals surface area contributed by atoms with E-state index in [2.05, 4.69) is 21.0 Å². The Kier molecular flexibility index (Phi) is 3.81. The lowest BCUT2D eigenvalue weighted by Crippen LogP contribution is -2.18. The number of halogens is 1. The summed E-state index contributed by atoms with van der Waals surface area (Å²) in [6.07, 6.45) is 2.93. The van der Waals surface area contributed by atoms with E-state index in [0.717, 1.165) is 31.9 Å². The van der Waals surface area contributed by atoms with Gasteiger partial charge in [0.25, 0.3) is 10.0 Å². The standard InChI is InChI=1S/C14H17BrN2O2S/c1-8-9(2)11(4)14(12(5)10(8)3)20(18,19)17-7-13(15)6-16-17/h6-7H,1-5H3. The quantitative estimate of drug-likeness (QED) is 0.828. The van der Waals surface area contributed by atoms with E-state index < -0.39 is 10.0 Å². The number of rotatable bonds is 2. The average molecular weight is 357 g/mol. The maximum Gasteiger partial charge on any atom is 0.283 e. The number of nitrogens with zero attached hydrogens (tertiary/aromatic N) is 2. The predicted molar refractivity (Wildman–Crippen MR) is 82.6 cm³/mol. The lowest BCUT2D eigenvalue weighted by Gasteiger charge is -2.18. The van der Waals surface area contributed by atoms with Gasteiger partial charge in [0.2, 0.25) is 0 Å². The summed E-state index contributed by atoms with van der Waals surface area (Å²) in [5.74, 6) is 0. The van der Waals surface area contributed by atoms with Crippen molar-refractivity contribution in [3.8, 4) is 0 Å². The van der Waals surface area contributed by atoms with E-state index in [4.69, 9.17) is 0 Å². The topological polar surface area (TPSA) is 52.0 Å². The molecule has 0 radical (unpaired) electrons. The molecule has 0 saturated heterocycles. The number of benzene rings is 1. The van der Waals surface area contributed by atoms with Crippen LogP contribution in [0, 0.1) is 34.6 Å². The lowest BCUT2D eigenvalue weighted by molar-refractivity contribution is 0.578. The molecule has 0 unspecified atom stereocenters. The second-order valence-electron chi connectivity index (χ2n) is 4.99. The molecule has 0 aliphatic heterocycles. The summed E-state index contributed by atoms with van der Waals surface area (Å²) in [7, 11) is -3.67. The monoisotopic (exact) mass is 356 g/mol. The fraction of sp³-hybridized carbons (Fsp3) is 0.357. The molecule has 1 aromatic carbocycles. The fourth-order valence-corrected chi connectivity index (χ4v) is 4.47. The molecule has 0 bridgehead atoms. The van der Waals surface area contributed by atoms with Crippen molar-refractivity contribution in [2.24, 2.45) is 0 Å². The van der Waals surface area contributed by atoms with E-state index >= 15 is 0 Å². The minimum absolute atomic E-state index is 0.355. The maximum absolute atomic E-state index is 12.8. The Bertz CT molecular complexity index is 763. The fourth-order valence-electron chi connectivity index (χ4n) is 2.36. The average Bonchev–Trinajstić information content (AvgIpc) is 2.81. The molecule has 2 rings (SSSR count). The summed E-state index contributed by atoms with van der Waals surface area (Å²) >= 11 is 3.23. The number of hydrogen-bond donors (Lipinski definition) is 0. The lowest BCUT2D eigenvalue weighted by atomic mass is 9.95. The molecule has 0 fully saturated rings. The van der Waals surface area contributed by atoms with Gasteiger partial charge in [0.1, 0.15) is 0 Å². The van der Waals surface area contributed by atoms with Gasteiger partial charge >= 0.3 is 0 Å². The Hall–Kier alpha value is -1.14. The van der Waals surface area contributed by atoms with Crippen molar-refractivity contribution in [3.63, 3.8) is 0 Å². The highest BCUT2D eigenvalue weighted by Gasteiger charge is 2.25. The van der Waals surface area contributed by atoms with Crippen LogP contribution in [0.4, 0.5) is 0 Å². The van der Waals surface area contributed by atoms with Gasteiger partial charge in [-0.2, -0.15) is 17.6 Å². The molecule has 0 N–H and O–H groups in total. The van der Waals surface area contributed by atoms with Crippen LogP contribution in [-0.2, 0) is 10.0 Å². The summed E-state index contributed by atoms with van der Waals surface area (Å²) < 4.78 is 27.2. The van der Waals surface area contributed by atoms with Crippen molar-refractivity contribution in [2.75, 3.05) is 0 Å². The summed E-state index contributed by atoms with van der Waals surface area (Å²) in [6, 6.07) is 0. The van der Waals surface area contributed by atoms with Gasteiger partial charge < -0.3 is 0 Å². The third-order valence-corrected chi connectivity index (χ3v) is 6.19. The maximum atomic E-state index is 12.8. The van der Waals surface area contributed by atoms with Crippen LogP contribution in [0.25, 0.3) is 0 Å². The SMILES string of the molecule is Cc1c(C)c(C)c(S(=O)(=O)n2cc(Br)cn2)c(C)c1C. The van der Waals surface area contributed by atoms with Crippen molar-refractivity contribution in [2.45, 2.75) is 39.5 Å². The van der Waals surface area contributed by atoms with Crippen LogP contribution in [0.2, 0.25) is 0 Å². The van der Waals surface area contributed by atoms with Crippen LogP contribution < -0.4 is 0 Å².